The first-order valence-electron chi connectivity index (χ1n) is 9.11. The highest BCUT2D eigenvalue weighted by molar-refractivity contribution is 5.82. The summed E-state index contributed by atoms with van der Waals surface area (Å²) in [6.07, 6.45) is 5.41. The summed E-state index contributed by atoms with van der Waals surface area (Å²) in [5, 5.41) is 0. The minimum Gasteiger partial charge on any atom is -0.299 e. The second-order valence-corrected chi connectivity index (χ2v) is 8.58. The largest absolute Gasteiger partial charge is 0.299 e. The average Bonchev–Trinajstić information content (AvgIpc) is 2.90. The maximum absolute atomic E-state index is 12.9. The molecule has 4 atom stereocenters. The van der Waals surface area contributed by atoms with Crippen molar-refractivity contribution in [1.29, 1.82) is 0 Å². The van der Waals surface area contributed by atoms with E-state index >= 15 is 0 Å². The van der Waals surface area contributed by atoms with Crippen LogP contribution < -0.4 is 0 Å². The molecule has 0 bridgehead atoms. The van der Waals surface area contributed by atoms with Crippen molar-refractivity contribution in [3.63, 3.8) is 0 Å². The van der Waals surface area contributed by atoms with Crippen LogP contribution in [0.3, 0.4) is 0 Å². The Morgan fingerprint density at radius 3 is 2.41 bits per heavy atom. The van der Waals surface area contributed by atoms with Gasteiger partial charge in [-0.3, -0.25) is 4.79 Å². The third-order valence-electron chi connectivity index (χ3n) is 7.14. The summed E-state index contributed by atoms with van der Waals surface area (Å²) in [6.45, 7) is 7.09. The van der Waals surface area contributed by atoms with Crippen molar-refractivity contribution in [2.75, 3.05) is 0 Å². The molecule has 118 valence electrons. The van der Waals surface area contributed by atoms with Gasteiger partial charge in [-0.1, -0.05) is 51.5 Å². The summed E-state index contributed by atoms with van der Waals surface area (Å²) in [5.41, 5.74) is 3.46. The van der Waals surface area contributed by atoms with Gasteiger partial charge in [0.2, 0.25) is 0 Å². The van der Waals surface area contributed by atoms with Crippen LogP contribution in [0, 0.1) is 35.0 Å². The molecule has 1 aromatic carbocycles. The molecule has 1 nitrogen and oxygen atoms in total. The number of benzene rings is 1. The van der Waals surface area contributed by atoms with Crippen LogP contribution in [0.25, 0.3) is 0 Å². The van der Waals surface area contributed by atoms with E-state index in [-0.39, 0.29) is 0 Å². The molecule has 2 fully saturated rings. The van der Waals surface area contributed by atoms with E-state index in [1.54, 1.807) is 0 Å². The first-order valence-corrected chi connectivity index (χ1v) is 9.11. The van der Waals surface area contributed by atoms with Gasteiger partial charge in [-0.25, -0.2) is 0 Å². The predicted molar refractivity (Wildman–Crippen MR) is 89.6 cm³/mol. The third-order valence-corrected chi connectivity index (χ3v) is 7.14. The Kier molecular flexibility index (Phi) is 3.25. The van der Waals surface area contributed by atoms with Crippen molar-refractivity contribution in [3.05, 3.63) is 35.4 Å². The van der Waals surface area contributed by atoms with Gasteiger partial charge >= 0.3 is 0 Å². The maximum Gasteiger partial charge on any atom is 0.136 e. The van der Waals surface area contributed by atoms with Gasteiger partial charge in [0.05, 0.1) is 0 Å². The summed E-state index contributed by atoms with van der Waals surface area (Å²) in [7, 11) is 0. The van der Waals surface area contributed by atoms with Crippen LogP contribution in [-0.2, 0) is 17.6 Å². The Labute approximate surface area is 134 Å². The van der Waals surface area contributed by atoms with E-state index in [0.717, 1.165) is 31.1 Å². The lowest BCUT2D eigenvalue weighted by Crippen LogP contribution is -2.26. The molecule has 1 aromatic rings. The lowest BCUT2D eigenvalue weighted by molar-refractivity contribution is -0.125. The summed E-state index contributed by atoms with van der Waals surface area (Å²) < 4.78 is 0. The van der Waals surface area contributed by atoms with Crippen LogP contribution >= 0.6 is 0 Å². The Balaban J connectivity index is 1.40. The highest BCUT2D eigenvalue weighted by Gasteiger charge is 2.67. The van der Waals surface area contributed by atoms with Gasteiger partial charge in [-0.15, -0.1) is 0 Å². The van der Waals surface area contributed by atoms with Gasteiger partial charge < -0.3 is 0 Å². The van der Waals surface area contributed by atoms with E-state index < -0.39 is 0 Å². The molecule has 0 radical (unpaired) electrons. The van der Waals surface area contributed by atoms with Crippen LogP contribution in [0.5, 0.6) is 0 Å². The number of hydrogen-bond acceptors (Lipinski definition) is 1. The van der Waals surface area contributed by atoms with E-state index in [1.807, 2.05) is 0 Å². The predicted octanol–water partition coefficient (Wildman–Crippen LogP) is 4.68. The van der Waals surface area contributed by atoms with Crippen LogP contribution in [0.2, 0.25) is 0 Å². The Hall–Kier alpha value is -1.11. The first-order chi connectivity index (χ1) is 10.5. The zero-order valence-electron chi connectivity index (χ0n) is 14.1. The van der Waals surface area contributed by atoms with Crippen LogP contribution in [0.1, 0.15) is 51.2 Å². The standard InChI is InChI=1S/C21H28O/c1-4-16-17(12-18-20(16)21(18,2)3)19(22)11-13-9-14-7-5-6-8-15(14)10-13/h5-8,13,16-18,20H,4,9-12H2,1-3H3. The van der Waals surface area contributed by atoms with E-state index in [4.69, 9.17) is 0 Å². The Morgan fingerprint density at radius 2 is 1.82 bits per heavy atom. The molecular formula is C21H28O. The van der Waals surface area contributed by atoms with Crippen molar-refractivity contribution in [2.45, 2.75) is 52.9 Å². The number of carbonyl (C=O) groups excluding carboxylic acids is 1. The van der Waals surface area contributed by atoms with Crippen molar-refractivity contribution >= 4 is 5.78 Å². The van der Waals surface area contributed by atoms with Gasteiger partial charge in [0.15, 0.2) is 0 Å². The molecule has 1 heteroatoms. The fraction of sp³-hybridized carbons (Fsp3) is 0.667. The first kappa shape index (κ1) is 14.5. The lowest BCUT2D eigenvalue weighted by Gasteiger charge is -2.25. The topological polar surface area (TPSA) is 17.1 Å². The SMILES string of the molecule is CCC1C(C(=O)CC2Cc3ccccc3C2)CC2C1C2(C)C. The summed E-state index contributed by atoms with van der Waals surface area (Å²) in [4.78, 5) is 12.9. The van der Waals surface area contributed by atoms with E-state index in [0.29, 0.717) is 29.0 Å². The van der Waals surface area contributed by atoms with Gasteiger partial charge in [-0.2, -0.15) is 0 Å². The highest BCUT2D eigenvalue weighted by atomic mass is 16.1. The monoisotopic (exact) mass is 296 g/mol. The highest BCUT2D eigenvalue weighted by Crippen LogP contribution is 2.71. The average molecular weight is 296 g/mol. The van der Waals surface area contributed by atoms with Crippen LogP contribution in [-0.4, -0.2) is 5.78 Å². The maximum atomic E-state index is 12.9. The van der Waals surface area contributed by atoms with Gasteiger partial charge in [0.1, 0.15) is 5.78 Å². The quantitative estimate of drug-likeness (QED) is 0.788. The second-order valence-electron chi connectivity index (χ2n) is 8.58. The van der Waals surface area contributed by atoms with Crippen molar-refractivity contribution < 1.29 is 4.79 Å². The molecule has 3 aliphatic rings. The number of ketones is 1. The molecule has 0 N–H and O–H groups in total. The van der Waals surface area contributed by atoms with E-state index in [9.17, 15) is 4.79 Å². The molecule has 4 unspecified atom stereocenters. The molecule has 4 rings (SSSR count). The molecule has 3 aliphatic carbocycles. The van der Waals surface area contributed by atoms with Gasteiger partial charge in [0.25, 0.3) is 0 Å². The zero-order valence-corrected chi connectivity index (χ0v) is 14.1. The minimum absolute atomic E-state index is 0.372. The fourth-order valence-electron chi connectivity index (χ4n) is 5.92. The molecular weight excluding hydrogens is 268 g/mol. The van der Waals surface area contributed by atoms with Crippen LogP contribution in [0.15, 0.2) is 24.3 Å². The van der Waals surface area contributed by atoms with Crippen molar-refractivity contribution in [2.24, 2.45) is 35.0 Å². The number of fused-ring (bicyclic) bond motifs is 2. The Morgan fingerprint density at radius 1 is 1.18 bits per heavy atom. The van der Waals surface area contributed by atoms with Gasteiger partial charge in [-0.05, 0) is 59.5 Å². The normalized spacial score (nSPS) is 35.2. The second kappa shape index (κ2) is 4.94. The number of Topliss-reactive ketones (excluding diaryl/α,β-unsaturated/α-hetero) is 1. The molecule has 0 aliphatic heterocycles. The van der Waals surface area contributed by atoms with E-state index in [2.05, 4.69) is 45.0 Å². The summed E-state index contributed by atoms with van der Waals surface area (Å²) in [6, 6.07) is 8.73. The molecule has 0 heterocycles. The summed E-state index contributed by atoms with van der Waals surface area (Å²) >= 11 is 0. The van der Waals surface area contributed by atoms with E-state index in [1.165, 1.54) is 24.0 Å². The smallest absolute Gasteiger partial charge is 0.136 e. The lowest BCUT2D eigenvalue weighted by atomic mass is 9.78. The zero-order chi connectivity index (χ0) is 15.5. The fourth-order valence-corrected chi connectivity index (χ4v) is 5.92. The number of rotatable bonds is 4. The van der Waals surface area contributed by atoms with Crippen molar-refractivity contribution in [1.82, 2.24) is 0 Å². The molecule has 22 heavy (non-hydrogen) atoms. The molecule has 0 spiro atoms. The number of hydrogen-bond donors (Lipinski definition) is 0. The Bertz CT molecular complexity index is 575. The molecule has 0 aromatic heterocycles. The van der Waals surface area contributed by atoms with Crippen molar-refractivity contribution in [3.8, 4) is 0 Å². The molecule has 2 saturated carbocycles. The summed E-state index contributed by atoms with van der Waals surface area (Å²) in [5.74, 6) is 3.83. The number of carbonyl (C=O) groups is 1. The minimum atomic E-state index is 0.372. The van der Waals surface area contributed by atoms with Gasteiger partial charge in [0, 0.05) is 12.3 Å². The van der Waals surface area contributed by atoms with Crippen LogP contribution in [0.4, 0.5) is 0 Å². The molecule has 0 saturated heterocycles. The molecule has 0 amide bonds. The third kappa shape index (κ3) is 2.08.